The zero-order valence-corrected chi connectivity index (χ0v) is 21.9. The summed E-state index contributed by atoms with van der Waals surface area (Å²) in [6, 6.07) is 13.8. The number of hydrogen-bond acceptors (Lipinski definition) is 3. The van der Waals surface area contributed by atoms with E-state index in [1.54, 1.807) is 19.1 Å². The first-order valence-electron chi connectivity index (χ1n) is 11.4. The number of hydrogen-bond donors (Lipinski definition) is 0. The number of carbonyl (C=O) groups is 2. The zero-order valence-electron chi connectivity index (χ0n) is 21.1. The Labute approximate surface area is 211 Å². The van der Waals surface area contributed by atoms with E-state index in [-0.39, 0.29) is 11.5 Å². The molecule has 0 unspecified atom stereocenters. The molecular formula is C29H29ClN2O3. The standard InChI is InChI=1S/C29H29ClN2O3/c1-16-8-10-23(12-18(16)3)31-19(4)13-22(20(31)5)14-25-27(29(34)35-7)21(6)32(28(25)33)24-11-9-17(2)26(30)15-24/h8-15H,1-7H3/b25-14-. The van der Waals surface area contributed by atoms with Gasteiger partial charge >= 0.3 is 5.97 Å². The number of ether oxygens (including phenoxy) is 1. The minimum absolute atomic E-state index is 0.255. The summed E-state index contributed by atoms with van der Waals surface area (Å²) >= 11 is 6.34. The van der Waals surface area contributed by atoms with Crippen molar-refractivity contribution in [2.24, 2.45) is 0 Å². The van der Waals surface area contributed by atoms with Gasteiger partial charge in [-0.3, -0.25) is 9.69 Å². The summed E-state index contributed by atoms with van der Waals surface area (Å²) in [7, 11) is 1.32. The van der Waals surface area contributed by atoms with Gasteiger partial charge in [0.2, 0.25) is 0 Å². The Morgan fingerprint density at radius 2 is 1.54 bits per heavy atom. The van der Waals surface area contributed by atoms with E-state index in [2.05, 4.69) is 36.6 Å². The molecule has 2 aromatic carbocycles. The van der Waals surface area contributed by atoms with Crippen LogP contribution in [0.3, 0.4) is 0 Å². The Hall–Kier alpha value is -3.57. The first-order chi connectivity index (χ1) is 16.5. The summed E-state index contributed by atoms with van der Waals surface area (Å²) in [5, 5.41) is 0.553. The normalized spacial score (nSPS) is 14.9. The number of anilines is 1. The summed E-state index contributed by atoms with van der Waals surface area (Å²) in [5.74, 6) is -0.843. The predicted molar refractivity (Wildman–Crippen MR) is 141 cm³/mol. The Balaban J connectivity index is 1.85. The van der Waals surface area contributed by atoms with Crippen LogP contribution in [0.5, 0.6) is 0 Å². The molecule has 1 aliphatic heterocycles. The summed E-state index contributed by atoms with van der Waals surface area (Å²) in [4.78, 5) is 28.0. The average Bonchev–Trinajstić information content (AvgIpc) is 3.23. The maximum atomic E-state index is 13.7. The SMILES string of the molecule is COC(=O)C1=C(C)N(c2ccc(C)c(Cl)c2)C(=O)/C1=C\c1cc(C)n(-c2ccc(C)c(C)c2)c1C. The highest BCUT2D eigenvalue weighted by Crippen LogP contribution is 2.37. The van der Waals surface area contributed by atoms with Crippen LogP contribution >= 0.6 is 11.6 Å². The van der Waals surface area contributed by atoms with Crippen molar-refractivity contribution < 1.29 is 14.3 Å². The Bertz CT molecular complexity index is 1440. The number of nitrogens with zero attached hydrogens (tertiary/aromatic N) is 2. The fraction of sp³-hybridized carbons (Fsp3) is 0.241. The van der Waals surface area contributed by atoms with Gasteiger partial charge in [-0.1, -0.05) is 23.7 Å². The molecule has 35 heavy (non-hydrogen) atoms. The third kappa shape index (κ3) is 4.21. The van der Waals surface area contributed by atoms with Crippen LogP contribution < -0.4 is 4.90 Å². The smallest absolute Gasteiger partial charge is 0.340 e. The number of rotatable bonds is 4. The first-order valence-corrected chi connectivity index (χ1v) is 11.8. The molecule has 0 aliphatic carbocycles. The second-order valence-electron chi connectivity index (χ2n) is 9.01. The number of aromatic nitrogens is 1. The number of halogens is 1. The van der Waals surface area contributed by atoms with Gasteiger partial charge in [-0.25, -0.2) is 4.79 Å². The van der Waals surface area contributed by atoms with Gasteiger partial charge in [0.25, 0.3) is 5.91 Å². The van der Waals surface area contributed by atoms with Gasteiger partial charge in [0, 0.05) is 27.8 Å². The Morgan fingerprint density at radius 1 is 0.886 bits per heavy atom. The lowest BCUT2D eigenvalue weighted by atomic mass is 10.0. The maximum Gasteiger partial charge on any atom is 0.340 e. The van der Waals surface area contributed by atoms with Crippen molar-refractivity contribution in [2.75, 3.05) is 12.0 Å². The van der Waals surface area contributed by atoms with E-state index < -0.39 is 5.97 Å². The number of methoxy groups -OCH3 is 1. The van der Waals surface area contributed by atoms with Gasteiger partial charge in [0.15, 0.2) is 0 Å². The van der Waals surface area contributed by atoms with Crippen molar-refractivity contribution in [1.82, 2.24) is 4.57 Å². The Kier molecular flexibility index (Phi) is 6.48. The topological polar surface area (TPSA) is 51.5 Å². The first kappa shape index (κ1) is 24.6. The van der Waals surface area contributed by atoms with Crippen LogP contribution in [0.15, 0.2) is 59.3 Å². The van der Waals surface area contributed by atoms with Gasteiger partial charge in [0.1, 0.15) is 0 Å². The number of amides is 1. The van der Waals surface area contributed by atoms with Gasteiger partial charge in [-0.05, 0) is 100 Å². The van der Waals surface area contributed by atoms with Crippen LogP contribution in [0, 0.1) is 34.6 Å². The van der Waals surface area contributed by atoms with E-state index in [4.69, 9.17) is 16.3 Å². The van der Waals surface area contributed by atoms with E-state index in [1.165, 1.54) is 23.1 Å². The van der Waals surface area contributed by atoms with Crippen molar-refractivity contribution in [1.29, 1.82) is 0 Å². The highest BCUT2D eigenvalue weighted by Gasteiger charge is 2.38. The number of esters is 1. The molecule has 5 nitrogen and oxygen atoms in total. The lowest BCUT2D eigenvalue weighted by molar-refractivity contribution is -0.136. The Morgan fingerprint density at radius 3 is 2.17 bits per heavy atom. The van der Waals surface area contributed by atoms with E-state index in [1.807, 2.05) is 39.0 Å². The maximum absolute atomic E-state index is 13.7. The number of allylic oxidation sites excluding steroid dienone is 1. The van der Waals surface area contributed by atoms with Crippen molar-refractivity contribution >= 4 is 35.2 Å². The van der Waals surface area contributed by atoms with Crippen molar-refractivity contribution in [2.45, 2.75) is 41.5 Å². The third-order valence-electron chi connectivity index (χ3n) is 6.72. The molecule has 0 fully saturated rings. The molecule has 1 amide bonds. The molecule has 0 radical (unpaired) electrons. The molecule has 4 rings (SSSR count). The lowest BCUT2D eigenvalue weighted by Crippen LogP contribution is -2.24. The van der Waals surface area contributed by atoms with Crippen LogP contribution in [-0.2, 0) is 14.3 Å². The molecule has 0 saturated carbocycles. The number of benzene rings is 2. The van der Waals surface area contributed by atoms with E-state index in [0.29, 0.717) is 22.0 Å². The average molecular weight is 489 g/mol. The van der Waals surface area contributed by atoms with Crippen LogP contribution in [0.2, 0.25) is 5.02 Å². The second-order valence-corrected chi connectivity index (χ2v) is 9.42. The number of aryl methyl sites for hydroxylation is 4. The molecule has 0 spiro atoms. The minimum Gasteiger partial charge on any atom is -0.465 e. The molecule has 0 N–H and O–H groups in total. The highest BCUT2D eigenvalue weighted by atomic mass is 35.5. The van der Waals surface area contributed by atoms with E-state index in [0.717, 1.165) is 28.2 Å². The fourth-order valence-corrected chi connectivity index (χ4v) is 4.74. The molecule has 0 bridgehead atoms. The number of carbonyl (C=O) groups excluding carboxylic acids is 2. The van der Waals surface area contributed by atoms with Crippen LogP contribution in [0.4, 0.5) is 5.69 Å². The van der Waals surface area contributed by atoms with E-state index in [9.17, 15) is 9.59 Å². The molecule has 1 aromatic heterocycles. The predicted octanol–water partition coefficient (Wildman–Crippen LogP) is 6.55. The molecule has 180 valence electrons. The molecule has 3 aromatic rings. The molecular weight excluding hydrogens is 460 g/mol. The zero-order chi connectivity index (χ0) is 25.6. The molecule has 6 heteroatoms. The van der Waals surface area contributed by atoms with Gasteiger partial charge in [0.05, 0.1) is 23.9 Å². The largest absolute Gasteiger partial charge is 0.465 e. The van der Waals surface area contributed by atoms with Gasteiger partial charge in [-0.2, -0.15) is 0 Å². The highest BCUT2D eigenvalue weighted by molar-refractivity contribution is 6.32. The molecule has 0 saturated heterocycles. The summed E-state index contributed by atoms with van der Waals surface area (Å²) in [6.45, 7) is 11.9. The van der Waals surface area contributed by atoms with Crippen molar-refractivity contribution in [3.8, 4) is 5.69 Å². The van der Waals surface area contributed by atoms with Gasteiger partial charge in [-0.15, -0.1) is 0 Å². The molecule has 2 heterocycles. The van der Waals surface area contributed by atoms with E-state index >= 15 is 0 Å². The summed E-state index contributed by atoms with van der Waals surface area (Å²) in [5.41, 5.74) is 8.95. The van der Waals surface area contributed by atoms with Crippen LogP contribution in [0.25, 0.3) is 11.8 Å². The van der Waals surface area contributed by atoms with Gasteiger partial charge < -0.3 is 9.30 Å². The quantitative estimate of drug-likeness (QED) is 0.309. The van der Waals surface area contributed by atoms with Crippen LogP contribution in [-0.4, -0.2) is 23.6 Å². The second kappa shape index (κ2) is 9.23. The third-order valence-corrected chi connectivity index (χ3v) is 7.13. The lowest BCUT2D eigenvalue weighted by Gasteiger charge is -2.18. The molecule has 1 aliphatic rings. The fourth-order valence-electron chi connectivity index (χ4n) is 4.56. The minimum atomic E-state index is -0.550. The summed E-state index contributed by atoms with van der Waals surface area (Å²) in [6.07, 6.45) is 1.79. The van der Waals surface area contributed by atoms with Crippen molar-refractivity contribution in [3.05, 3.63) is 98.0 Å². The van der Waals surface area contributed by atoms with Crippen LogP contribution in [0.1, 0.15) is 40.6 Å². The molecule has 0 atom stereocenters. The summed E-state index contributed by atoms with van der Waals surface area (Å²) < 4.78 is 7.21. The monoisotopic (exact) mass is 488 g/mol. The van der Waals surface area contributed by atoms with Crippen molar-refractivity contribution in [3.63, 3.8) is 0 Å².